The molecule has 1 amide bonds. The Morgan fingerprint density at radius 2 is 2.00 bits per heavy atom. The van der Waals surface area contributed by atoms with Gasteiger partial charge in [0.2, 0.25) is 0 Å². The fourth-order valence-electron chi connectivity index (χ4n) is 2.32. The number of rotatable bonds is 6. The molecule has 0 saturated carbocycles. The van der Waals surface area contributed by atoms with E-state index in [1.165, 1.54) is 47.3 Å². The average Bonchev–Trinajstić information content (AvgIpc) is 2.95. The molecule has 0 bridgehead atoms. The van der Waals surface area contributed by atoms with E-state index in [0.29, 0.717) is 16.9 Å². The molecule has 6 nitrogen and oxygen atoms in total. The number of aryl methyl sites for hydroxylation is 1. The number of halogens is 3. The third-order valence-electron chi connectivity index (χ3n) is 3.67. The highest BCUT2D eigenvalue weighted by atomic mass is 35.5. The molecule has 0 unspecified atom stereocenters. The molecule has 0 fully saturated rings. The van der Waals surface area contributed by atoms with Crippen molar-refractivity contribution in [3.63, 3.8) is 0 Å². The molecule has 0 aliphatic rings. The van der Waals surface area contributed by atoms with Gasteiger partial charge in [-0.2, -0.15) is 10.2 Å². The van der Waals surface area contributed by atoms with Gasteiger partial charge in [0, 0.05) is 6.07 Å². The van der Waals surface area contributed by atoms with Crippen molar-refractivity contribution in [3.05, 3.63) is 76.6 Å². The first kappa shape index (κ1) is 19.5. The quantitative estimate of drug-likeness (QED) is 0.503. The molecule has 0 atom stereocenters. The predicted octanol–water partition coefficient (Wildman–Crippen LogP) is 3.64. The minimum Gasteiger partial charge on any atom is -0.484 e. The maximum absolute atomic E-state index is 13.1. The van der Waals surface area contributed by atoms with Gasteiger partial charge in [0.1, 0.15) is 22.5 Å². The van der Waals surface area contributed by atoms with Crippen LogP contribution in [0.3, 0.4) is 0 Å². The third-order valence-corrected chi connectivity index (χ3v) is 4.03. The van der Waals surface area contributed by atoms with Gasteiger partial charge in [-0.15, -0.1) is 0 Å². The van der Waals surface area contributed by atoms with Crippen LogP contribution in [0.5, 0.6) is 5.75 Å². The maximum Gasteiger partial charge on any atom is 0.277 e. The Morgan fingerprint density at radius 1 is 1.25 bits per heavy atom. The lowest BCUT2D eigenvalue weighted by molar-refractivity contribution is -0.123. The lowest BCUT2D eigenvalue weighted by Crippen LogP contribution is -2.24. The SMILES string of the molecule is Cc1nn(-c2ccc(F)cc2)c(Cl)c1/C=N\NC(=O)COc1cccc(F)c1. The molecule has 1 heterocycles. The molecule has 0 radical (unpaired) electrons. The summed E-state index contributed by atoms with van der Waals surface area (Å²) in [6, 6.07) is 11.1. The Hall–Kier alpha value is -3.26. The van der Waals surface area contributed by atoms with E-state index < -0.39 is 11.7 Å². The van der Waals surface area contributed by atoms with Crippen LogP contribution in [-0.2, 0) is 4.79 Å². The number of hydrazone groups is 1. The van der Waals surface area contributed by atoms with Crippen molar-refractivity contribution in [1.29, 1.82) is 0 Å². The molecular weight excluding hydrogens is 390 g/mol. The predicted molar refractivity (Wildman–Crippen MR) is 101 cm³/mol. The van der Waals surface area contributed by atoms with Gasteiger partial charge < -0.3 is 4.74 Å². The highest BCUT2D eigenvalue weighted by molar-refractivity contribution is 6.32. The van der Waals surface area contributed by atoms with Gasteiger partial charge in [-0.1, -0.05) is 17.7 Å². The molecule has 0 spiro atoms. The van der Waals surface area contributed by atoms with E-state index in [0.717, 1.165) is 0 Å². The number of nitrogens with zero attached hydrogens (tertiary/aromatic N) is 3. The minimum absolute atomic E-state index is 0.235. The Morgan fingerprint density at radius 3 is 2.71 bits per heavy atom. The number of carbonyl (C=O) groups is 1. The topological polar surface area (TPSA) is 68.5 Å². The number of benzene rings is 2. The monoisotopic (exact) mass is 404 g/mol. The van der Waals surface area contributed by atoms with Crippen LogP contribution in [0.2, 0.25) is 5.15 Å². The van der Waals surface area contributed by atoms with Crippen molar-refractivity contribution in [2.24, 2.45) is 5.10 Å². The molecule has 0 aliphatic carbocycles. The zero-order chi connectivity index (χ0) is 20.1. The molecule has 1 aromatic heterocycles. The second-order valence-electron chi connectivity index (χ2n) is 5.72. The summed E-state index contributed by atoms with van der Waals surface area (Å²) in [5, 5.41) is 8.39. The van der Waals surface area contributed by atoms with Crippen molar-refractivity contribution in [2.45, 2.75) is 6.92 Å². The Balaban J connectivity index is 1.62. The highest BCUT2D eigenvalue weighted by Crippen LogP contribution is 2.22. The van der Waals surface area contributed by atoms with Crippen LogP contribution in [0.4, 0.5) is 8.78 Å². The fourth-order valence-corrected chi connectivity index (χ4v) is 2.64. The van der Waals surface area contributed by atoms with Crippen LogP contribution in [0.25, 0.3) is 5.69 Å². The molecular formula is C19H15ClF2N4O2. The van der Waals surface area contributed by atoms with Crippen LogP contribution in [0.15, 0.2) is 53.6 Å². The average molecular weight is 405 g/mol. The number of hydrogen-bond donors (Lipinski definition) is 1. The summed E-state index contributed by atoms with van der Waals surface area (Å²) in [6.07, 6.45) is 1.35. The van der Waals surface area contributed by atoms with Crippen molar-refractivity contribution >= 4 is 23.7 Å². The molecule has 0 aliphatic heterocycles. The highest BCUT2D eigenvalue weighted by Gasteiger charge is 2.13. The minimum atomic E-state index is -0.528. The summed E-state index contributed by atoms with van der Waals surface area (Å²) in [6.45, 7) is 1.39. The Kier molecular flexibility index (Phi) is 6.00. The Bertz CT molecular complexity index is 1020. The number of amides is 1. The summed E-state index contributed by atoms with van der Waals surface area (Å²) >= 11 is 6.32. The van der Waals surface area contributed by atoms with Crippen LogP contribution in [0, 0.1) is 18.6 Å². The van der Waals surface area contributed by atoms with Gasteiger partial charge in [-0.25, -0.2) is 18.9 Å². The van der Waals surface area contributed by atoms with E-state index >= 15 is 0 Å². The number of aromatic nitrogens is 2. The number of nitrogens with one attached hydrogen (secondary N) is 1. The molecule has 2 aromatic carbocycles. The third kappa shape index (κ3) is 4.72. The second kappa shape index (κ2) is 8.62. The van der Waals surface area contributed by atoms with Crippen molar-refractivity contribution in [1.82, 2.24) is 15.2 Å². The lowest BCUT2D eigenvalue weighted by atomic mass is 10.3. The van der Waals surface area contributed by atoms with E-state index in [9.17, 15) is 13.6 Å². The summed E-state index contributed by atoms with van der Waals surface area (Å²) in [5.74, 6) is -1.12. The zero-order valence-corrected chi connectivity index (χ0v) is 15.5. The van der Waals surface area contributed by atoms with Crippen molar-refractivity contribution in [3.8, 4) is 11.4 Å². The molecule has 1 N–H and O–H groups in total. The van der Waals surface area contributed by atoms with Crippen LogP contribution in [-0.4, -0.2) is 28.5 Å². The van der Waals surface area contributed by atoms with E-state index in [1.807, 2.05) is 0 Å². The van der Waals surface area contributed by atoms with Crippen LogP contribution >= 0.6 is 11.6 Å². The van der Waals surface area contributed by atoms with E-state index in [2.05, 4.69) is 15.6 Å². The second-order valence-corrected chi connectivity index (χ2v) is 6.08. The number of ether oxygens (including phenoxy) is 1. The first-order chi connectivity index (χ1) is 13.4. The van der Waals surface area contributed by atoms with E-state index in [-0.39, 0.29) is 23.3 Å². The van der Waals surface area contributed by atoms with Crippen molar-refractivity contribution in [2.75, 3.05) is 6.61 Å². The Labute approximate surface area is 164 Å². The van der Waals surface area contributed by atoms with Gasteiger partial charge in [0.05, 0.1) is 23.2 Å². The molecule has 3 aromatic rings. The summed E-state index contributed by atoms with van der Waals surface area (Å²) in [4.78, 5) is 11.8. The molecule has 3 rings (SSSR count). The van der Waals surface area contributed by atoms with Gasteiger partial charge in [0.15, 0.2) is 6.61 Å². The smallest absolute Gasteiger partial charge is 0.277 e. The molecule has 28 heavy (non-hydrogen) atoms. The lowest BCUT2D eigenvalue weighted by Gasteiger charge is -2.04. The first-order valence-corrected chi connectivity index (χ1v) is 8.53. The number of carbonyl (C=O) groups excluding carboxylic acids is 1. The molecule has 0 saturated heterocycles. The maximum atomic E-state index is 13.1. The van der Waals surface area contributed by atoms with Gasteiger partial charge in [-0.3, -0.25) is 4.79 Å². The standard InChI is InChI=1S/C19H15ClF2N4O2/c1-12-17(19(20)26(25-12)15-7-5-13(21)6-8-15)10-23-24-18(27)11-28-16-4-2-3-14(22)9-16/h2-10H,11H2,1H3,(H,24,27)/b23-10-. The fraction of sp³-hybridized carbons (Fsp3) is 0.105. The van der Waals surface area contributed by atoms with Gasteiger partial charge in [0.25, 0.3) is 5.91 Å². The van der Waals surface area contributed by atoms with E-state index in [4.69, 9.17) is 16.3 Å². The number of hydrogen-bond acceptors (Lipinski definition) is 4. The van der Waals surface area contributed by atoms with Gasteiger partial charge >= 0.3 is 0 Å². The summed E-state index contributed by atoms with van der Waals surface area (Å²) in [7, 11) is 0. The normalized spacial score (nSPS) is 11.0. The molecule has 9 heteroatoms. The first-order valence-electron chi connectivity index (χ1n) is 8.15. The van der Waals surface area contributed by atoms with E-state index in [1.54, 1.807) is 19.1 Å². The van der Waals surface area contributed by atoms with Crippen LogP contribution in [0.1, 0.15) is 11.3 Å². The van der Waals surface area contributed by atoms with Gasteiger partial charge in [-0.05, 0) is 43.3 Å². The van der Waals surface area contributed by atoms with Crippen LogP contribution < -0.4 is 10.2 Å². The largest absolute Gasteiger partial charge is 0.484 e. The summed E-state index contributed by atoms with van der Waals surface area (Å²) in [5.41, 5.74) is 3.95. The van der Waals surface area contributed by atoms with Crippen molar-refractivity contribution < 1.29 is 18.3 Å². The molecule has 144 valence electrons. The summed E-state index contributed by atoms with van der Waals surface area (Å²) < 4.78 is 32.7. The zero-order valence-electron chi connectivity index (χ0n) is 14.7.